The van der Waals surface area contributed by atoms with Crippen LogP contribution in [0.3, 0.4) is 0 Å². The van der Waals surface area contributed by atoms with Gasteiger partial charge in [-0.1, -0.05) is 30.3 Å². The fraction of sp³-hybridized carbons (Fsp3) is 0.235. The average molecular weight is 272 g/mol. The molecule has 0 aliphatic rings. The van der Waals surface area contributed by atoms with E-state index >= 15 is 0 Å². The summed E-state index contributed by atoms with van der Waals surface area (Å²) in [7, 11) is 0. The van der Waals surface area contributed by atoms with Crippen LogP contribution >= 0.6 is 0 Å². The molecule has 0 saturated heterocycles. The lowest BCUT2D eigenvalue weighted by Crippen LogP contribution is -2.05. The molecule has 2 aromatic rings. The van der Waals surface area contributed by atoms with Crippen molar-refractivity contribution >= 4 is 5.78 Å². The molecule has 0 heterocycles. The summed E-state index contributed by atoms with van der Waals surface area (Å²) in [6, 6.07) is 10.5. The van der Waals surface area contributed by atoms with E-state index in [9.17, 15) is 9.18 Å². The quantitative estimate of drug-likeness (QED) is 0.779. The zero-order valence-electron chi connectivity index (χ0n) is 11.9. The van der Waals surface area contributed by atoms with Crippen molar-refractivity contribution < 1.29 is 13.9 Å². The highest BCUT2D eigenvalue weighted by molar-refractivity contribution is 5.95. The Hall–Kier alpha value is -2.16. The van der Waals surface area contributed by atoms with Crippen LogP contribution in [0.2, 0.25) is 0 Å². The maximum Gasteiger partial charge on any atom is 0.165 e. The zero-order valence-corrected chi connectivity index (χ0v) is 11.9. The minimum atomic E-state index is -0.372. The van der Waals surface area contributed by atoms with Gasteiger partial charge in [-0.25, -0.2) is 4.39 Å². The first-order valence-corrected chi connectivity index (χ1v) is 6.47. The number of benzene rings is 2. The largest absolute Gasteiger partial charge is 0.486 e. The van der Waals surface area contributed by atoms with Gasteiger partial charge in [0.25, 0.3) is 0 Å². The van der Waals surface area contributed by atoms with Crippen LogP contribution in [0.25, 0.3) is 0 Å². The summed E-state index contributed by atoms with van der Waals surface area (Å²) in [5, 5.41) is 0. The normalized spacial score (nSPS) is 10.4. The highest BCUT2D eigenvalue weighted by Crippen LogP contribution is 2.25. The summed E-state index contributed by atoms with van der Waals surface area (Å²) in [6.07, 6.45) is 0. The fourth-order valence-electron chi connectivity index (χ4n) is 2.22. The van der Waals surface area contributed by atoms with Gasteiger partial charge in [-0.2, -0.15) is 0 Å². The van der Waals surface area contributed by atoms with Crippen LogP contribution in [0, 0.1) is 19.7 Å². The summed E-state index contributed by atoms with van der Waals surface area (Å²) in [6.45, 7) is 5.33. The number of ketones is 1. The number of halogens is 1. The number of ether oxygens (including phenoxy) is 1. The van der Waals surface area contributed by atoms with Crippen molar-refractivity contribution in [2.75, 3.05) is 0 Å². The van der Waals surface area contributed by atoms with Gasteiger partial charge in [0.2, 0.25) is 0 Å². The van der Waals surface area contributed by atoms with Crippen LogP contribution in [-0.2, 0) is 6.61 Å². The number of rotatable bonds is 4. The number of hydrogen-bond acceptors (Lipinski definition) is 2. The zero-order chi connectivity index (χ0) is 14.7. The predicted molar refractivity (Wildman–Crippen MR) is 76.7 cm³/mol. The van der Waals surface area contributed by atoms with Crippen molar-refractivity contribution in [2.24, 2.45) is 0 Å². The molecular weight excluding hydrogens is 255 g/mol. The minimum Gasteiger partial charge on any atom is -0.486 e. The Kier molecular flexibility index (Phi) is 4.18. The molecule has 0 aromatic heterocycles. The summed E-state index contributed by atoms with van der Waals surface area (Å²) in [4.78, 5) is 11.5. The second-order valence-electron chi connectivity index (χ2n) is 4.89. The van der Waals surface area contributed by atoms with Crippen LogP contribution < -0.4 is 4.74 Å². The Balaban J connectivity index is 2.24. The molecule has 2 nitrogen and oxygen atoms in total. The molecule has 2 aromatic carbocycles. The monoisotopic (exact) mass is 272 g/mol. The van der Waals surface area contributed by atoms with E-state index < -0.39 is 0 Å². The van der Waals surface area contributed by atoms with Gasteiger partial charge in [0, 0.05) is 11.1 Å². The van der Waals surface area contributed by atoms with Crippen molar-refractivity contribution in [3.05, 3.63) is 64.5 Å². The average Bonchev–Trinajstić information content (AvgIpc) is 2.37. The lowest BCUT2D eigenvalue weighted by atomic mass is 10.1. The molecular formula is C17H17FO2. The molecule has 0 saturated carbocycles. The van der Waals surface area contributed by atoms with Crippen molar-refractivity contribution in [2.45, 2.75) is 27.4 Å². The van der Waals surface area contributed by atoms with Crippen LogP contribution in [0.4, 0.5) is 4.39 Å². The highest BCUT2D eigenvalue weighted by atomic mass is 19.1. The SMILES string of the molecule is CC(=O)c1ccccc1COc1c(C)cc(C)cc1F. The van der Waals surface area contributed by atoms with Crippen molar-refractivity contribution in [1.29, 1.82) is 0 Å². The summed E-state index contributed by atoms with van der Waals surface area (Å²) < 4.78 is 19.5. The lowest BCUT2D eigenvalue weighted by molar-refractivity contribution is 0.101. The van der Waals surface area contributed by atoms with Crippen LogP contribution in [0.5, 0.6) is 5.75 Å². The number of aryl methyl sites for hydroxylation is 2. The molecule has 0 aliphatic carbocycles. The van der Waals surface area contributed by atoms with Gasteiger partial charge in [0.05, 0.1) is 0 Å². The van der Waals surface area contributed by atoms with Gasteiger partial charge < -0.3 is 4.74 Å². The predicted octanol–water partition coefficient (Wildman–Crippen LogP) is 4.22. The Labute approximate surface area is 118 Å². The van der Waals surface area contributed by atoms with Crippen LogP contribution in [-0.4, -0.2) is 5.78 Å². The first kappa shape index (κ1) is 14.3. The fourth-order valence-corrected chi connectivity index (χ4v) is 2.22. The molecule has 0 amide bonds. The molecule has 0 N–H and O–H groups in total. The standard InChI is InChI=1S/C17H17FO2/c1-11-8-12(2)17(16(18)9-11)20-10-14-6-4-5-7-15(14)13(3)19/h4-9H,10H2,1-3H3. The number of hydrogen-bond donors (Lipinski definition) is 0. The molecule has 0 aliphatic heterocycles. The van der Waals surface area contributed by atoms with Gasteiger partial charge in [-0.3, -0.25) is 4.79 Å². The first-order chi connectivity index (χ1) is 9.49. The summed E-state index contributed by atoms with van der Waals surface area (Å²) in [5.74, 6) is -0.151. The van der Waals surface area contributed by atoms with Crippen molar-refractivity contribution in [3.8, 4) is 5.75 Å². The molecule has 3 heteroatoms. The van der Waals surface area contributed by atoms with E-state index in [4.69, 9.17) is 4.74 Å². The van der Waals surface area contributed by atoms with Crippen molar-refractivity contribution in [3.63, 3.8) is 0 Å². The Morgan fingerprint density at radius 2 is 1.90 bits per heavy atom. The number of carbonyl (C=O) groups is 1. The van der Waals surface area contributed by atoms with E-state index in [1.165, 1.54) is 13.0 Å². The third-order valence-electron chi connectivity index (χ3n) is 3.14. The maximum absolute atomic E-state index is 13.9. The highest BCUT2D eigenvalue weighted by Gasteiger charge is 2.11. The van der Waals surface area contributed by atoms with Gasteiger partial charge >= 0.3 is 0 Å². The minimum absolute atomic E-state index is 0.0229. The molecule has 104 valence electrons. The Morgan fingerprint density at radius 3 is 2.55 bits per heavy atom. The first-order valence-electron chi connectivity index (χ1n) is 6.47. The molecule has 0 fully saturated rings. The molecule has 0 unspecified atom stereocenters. The number of carbonyl (C=O) groups excluding carboxylic acids is 1. The second kappa shape index (κ2) is 5.87. The van der Waals surface area contributed by atoms with Crippen LogP contribution in [0.1, 0.15) is 34.0 Å². The molecule has 20 heavy (non-hydrogen) atoms. The second-order valence-corrected chi connectivity index (χ2v) is 4.89. The van der Waals surface area contributed by atoms with E-state index in [0.717, 1.165) is 16.7 Å². The molecule has 0 atom stereocenters. The Bertz CT molecular complexity index is 624. The lowest BCUT2D eigenvalue weighted by Gasteiger charge is -2.12. The maximum atomic E-state index is 13.9. The van der Waals surface area contributed by atoms with E-state index in [1.54, 1.807) is 12.1 Å². The van der Waals surface area contributed by atoms with Crippen molar-refractivity contribution in [1.82, 2.24) is 0 Å². The van der Waals surface area contributed by atoms with Crippen LogP contribution in [0.15, 0.2) is 36.4 Å². The number of Topliss-reactive ketones (excluding diaryl/α,β-unsaturated/α-hetero) is 1. The molecule has 2 rings (SSSR count). The third kappa shape index (κ3) is 3.05. The molecule has 0 radical (unpaired) electrons. The van der Waals surface area contributed by atoms with Gasteiger partial charge in [-0.05, 0) is 38.0 Å². The smallest absolute Gasteiger partial charge is 0.165 e. The molecule has 0 spiro atoms. The molecule has 0 bridgehead atoms. The Morgan fingerprint density at radius 1 is 1.20 bits per heavy atom. The van der Waals surface area contributed by atoms with E-state index in [1.807, 2.05) is 32.0 Å². The van der Waals surface area contributed by atoms with Gasteiger partial charge in [0.1, 0.15) is 6.61 Å². The van der Waals surface area contributed by atoms with Gasteiger partial charge in [0.15, 0.2) is 17.3 Å². The van der Waals surface area contributed by atoms with Gasteiger partial charge in [-0.15, -0.1) is 0 Å². The summed E-state index contributed by atoms with van der Waals surface area (Å²) in [5.41, 5.74) is 2.98. The topological polar surface area (TPSA) is 26.3 Å². The third-order valence-corrected chi connectivity index (χ3v) is 3.14. The van der Waals surface area contributed by atoms with E-state index in [0.29, 0.717) is 5.56 Å². The van der Waals surface area contributed by atoms with E-state index in [2.05, 4.69) is 0 Å². The summed E-state index contributed by atoms with van der Waals surface area (Å²) >= 11 is 0. The van der Waals surface area contributed by atoms with E-state index in [-0.39, 0.29) is 24.0 Å².